The number of aliphatic hydroxyl groups is 1. The van der Waals surface area contributed by atoms with Crippen molar-refractivity contribution in [2.45, 2.75) is 24.8 Å². The van der Waals surface area contributed by atoms with Crippen LogP contribution in [-0.4, -0.2) is 56.1 Å². The van der Waals surface area contributed by atoms with Crippen molar-refractivity contribution in [3.8, 4) is 0 Å². The lowest BCUT2D eigenvalue weighted by Gasteiger charge is -2.31. The van der Waals surface area contributed by atoms with Gasteiger partial charge in [-0.2, -0.15) is 0 Å². The van der Waals surface area contributed by atoms with Crippen molar-refractivity contribution in [1.29, 1.82) is 0 Å². The van der Waals surface area contributed by atoms with Gasteiger partial charge in [-0.1, -0.05) is 0 Å². The van der Waals surface area contributed by atoms with Gasteiger partial charge in [0.2, 0.25) is 5.91 Å². The van der Waals surface area contributed by atoms with Crippen molar-refractivity contribution in [3.63, 3.8) is 0 Å². The van der Waals surface area contributed by atoms with Crippen molar-refractivity contribution >= 4 is 5.91 Å². The number of carbonyl (C=O) groups excluding carboxylic acids is 1. The van der Waals surface area contributed by atoms with Crippen LogP contribution < -0.4 is 11.1 Å². The quantitative estimate of drug-likeness (QED) is 0.501. The molecule has 0 spiro atoms. The van der Waals surface area contributed by atoms with E-state index in [1.807, 2.05) is 0 Å². The standard InChI is InChI=1S/C11H22N2O4/c12-11(2-7-17-8-3-11)10(15)13-4-1-6-16-9-5-14/h14H,1-9,12H2,(H,13,15). The highest BCUT2D eigenvalue weighted by molar-refractivity contribution is 5.86. The highest BCUT2D eigenvalue weighted by Crippen LogP contribution is 2.17. The maximum atomic E-state index is 11.8. The molecule has 6 nitrogen and oxygen atoms in total. The van der Waals surface area contributed by atoms with Crippen molar-refractivity contribution < 1.29 is 19.4 Å². The van der Waals surface area contributed by atoms with Crippen LogP contribution in [0.1, 0.15) is 19.3 Å². The molecule has 0 aromatic heterocycles. The number of hydrogen-bond acceptors (Lipinski definition) is 5. The minimum atomic E-state index is -0.774. The molecular weight excluding hydrogens is 224 g/mol. The Morgan fingerprint density at radius 3 is 2.76 bits per heavy atom. The molecular formula is C11H22N2O4. The number of carbonyl (C=O) groups is 1. The predicted molar refractivity (Wildman–Crippen MR) is 62.5 cm³/mol. The van der Waals surface area contributed by atoms with Crippen LogP contribution in [0.4, 0.5) is 0 Å². The first-order chi connectivity index (χ1) is 8.19. The van der Waals surface area contributed by atoms with Crippen LogP contribution >= 0.6 is 0 Å². The van der Waals surface area contributed by atoms with Crippen LogP contribution in [0.3, 0.4) is 0 Å². The van der Waals surface area contributed by atoms with Gasteiger partial charge in [-0.3, -0.25) is 4.79 Å². The van der Waals surface area contributed by atoms with Gasteiger partial charge in [-0.05, 0) is 19.3 Å². The van der Waals surface area contributed by atoms with Gasteiger partial charge in [0, 0.05) is 26.4 Å². The minimum Gasteiger partial charge on any atom is -0.394 e. The third-order valence-corrected chi connectivity index (χ3v) is 2.82. The molecule has 1 aliphatic rings. The Balaban J connectivity index is 2.11. The summed E-state index contributed by atoms with van der Waals surface area (Å²) in [7, 11) is 0. The van der Waals surface area contributed by atoms with E-state index in [4.69, 9.17) is 20.3 Å². The van der Waals surface area contributed by atoms with E-state index in [9.17, 15) is 4.79 Å². The summed E-state index contributed by atoms with van der Waals surface area (Å²) in [5.74, 6) is -0.108. The molecule has 0 atom stereocenters. The highest BCUT2D eigenvalue weighted by atomic mass is 16.5. The number of rotatable bonds is 7. The molecule has 0 unspecified atom stereocenters. The molecule has 0 aliphatic carbocycles. The fourth-order valence-corrected chi connectivity index (χ4v) is 1.68. The molecule has 1 heterocycles. The van der Waals surface area contributed by atoms with Crippen LogP contribution in [0.2, 0.25) is 0 Å². The molecule has 0 saturated carbocycles. The smallest absolute Gasteiger partial charge is 0.240 e. The SMILES string of the molecule is NC1(C(=O)NCCCOCCO)CCOCC1. The highest BCUT2D eigenvalue weighted by Gasteiger charge is 2.35. The van der Waals surface area contributed by atoms with E-state index in [1.54, 1.807) is 0 Å². The molecule has 6 heteroatoms. The van der Waals surface area contributed by atoms with E-state index in [0.717, 1.165) is 6.42 Å². The molecule has 0 bridgehead atoms. The number of ether oxygens (including phenoxy) is 2. The average molecular weight is 246 g/mol. The number of hydrogen-bond donors (Lipinski definition) is 3. The third kappa shape index (κ3) is 4.99. The van der Waals surface area contributed by atoms with E-state index in [0.29, 0.717) is 45.8 Å². The van der Waals surface area contributed by atoms with E-state index in [-0.39, 0.29) is 12.5 Å². The molecule has 0 radical (unpaired) electrons. The van der Waals surface area contributed by atoms with E-state index in [2.05, 4.69) is 5.32 Å². The van der Waals surface area contributed by atoms with Gasteiger partial charge in [0.05, 0.1) is 18.8 Å². The monoisotopic (exact) mass is 246 g/mol. The van der Waals surface area contributed by atoms with Crippen molar-refractivity contribution in [2.24, 2.45) is 5.73 Å². The van der Waals surface area contributed by atoms with Gasteiger partial charge in [-0.15, -0.1) is 0 Å². The largest absolute Gasteiger partial charge is 0.394 e. The molecule has 100 valence electrons. The van der Waals surface area contributed by atoms with Gasteiger partial charge in [0.15, 0.2) is 0 Å². The zero-order valence-corrected chi connectivity index (χ0v) is 10.1. The molecule has 1 rings (SSSR count). The summed E-state index contributed by atoms with van der Waals surface area (Å²) in [4.78, 5) is 11.8. The lowest BCUT2D eigenvalue weighted by molar-refractivity contribution is -0.129. The minimum absolute atomic E-state index is 0.0261. The topological polar surface area (TPSA) is 93.8 Å². The number of nitrogens with two attached hydrogens (primary N) is 1. The second kappa shape index (κ2) is 7.60. The summed E-state index contributed by atoms with van der Waals surface area (Å²) in [5.41, 5.74) is 5.24. The first-order valence-electron chi connectivity index (χ1n) is 6.02. The molecule has 1 fully saturated rings. The Morgan fingerprint density at radius 1 is 1.41 bits per heavy atom. The summed E-state index contributed by atoms with van der Waals surface area (Å²) < 4.78 is 10.3. The summed E-state index contributed by atoms with van der Waals surface area (Å²) in [5, 5.41) is 11.3. The van der Waals surface area contributed by atoms with Crippen molar-refractivity contribution in [3.05, 3.63) is 0 Å². The van der Waals surface area contributed by atoms with Gasteiger partial charge in [0.1, 0.15) is 0 Å². The van der Waals surface area contributed by atoms with Gasteiger partial charge in [0.25, 0.3) is 0 Å². The average Bonchev–Trinajstić information content (AvgIpc) is 2.34. The summed E-state index contributed by atoms with van der Waals surface area (Å²) >= 11 is 0. The zero-order valence-electron chi connectivity index (χ0n) is 10.1. The maximum Gasteiger partial charge on any atom is 0.240 e. The van der Waals surface area contributed by atoms with Crippen LogP contribution in [0.5, 0.6) is 0 Å². The predicted octanol–water partition coefficient (Wildman–Crippen LogP) is -0.990. The van der Waals surface area contributed by atoms with Gasteiger partial charge >= 0.3 is 0 Å². The molecule has 1 saturated heterocycles. The van der Waals surface area contributed by atoms with Crippen LogP contribution in [0.25, 0.3) is 0 Å². The Morgan fingerprint density at radius 2 is 2.12 bits per heavy atom. The van der Waals surface area contributed by atoms with E-state index < -0.39 is 5.54 Å². The fraction of sp³-hybridized carbons (Fsp3) is 0.909. The first kappa shape index (κ1) is 14.4. The fourth-order valence-electron chi connectivity index (χ4n) is 1.68. The lowest BCUT2D eigenvalue weighted by atomic mass is 9.90. The number of amides is 1. The van der Waals surface area contributed by atoms with Crippen LogP contribution in [-0.2, 0) is 14.3 Å². The molecule has 0 aromatic rings. The summed E-state index contributed by atoms with van der Waals surface area (Å²) in [6, 6.07) is 0. The van der Waals surface area contributed by atoms with Gasteiger partial charge in [-0.25, -0.2) is 0 Å². The number of nitrogens with one attached hydrogen (secondary N) is 1. The second-order valence-electron chi connectivity index (χ2n) is 4.21. The lowest BCUT2D eigenvalue weighted by Crippen LogP contribution is -2.57. The van der Waals surface area contributed by atoms with Crippen molar-refractivity contribution in [2.75, 3.05) is 39.6 Å². The molecule has 1 aliphatic heterocycles. The Kier molecular flexibility index (Phi) is 6.43. The number of aliphatic hydroxyl groups excluding tert-OH is 1. The first-order valence-corrected chi connectivity index (χ1v) is 6.02. The maximum absolute atomic E-state index is 11.8. The van der Waals surface area contributed by atoms with E-state index >= 15 is 0 Å². The molecule has 0 aromatic carbocycles. The summed E-state index contributed by atoms with van der Waals surface area (Å²) in [6.45, 7) is 2.53. The van der Waals surface area contributed by atoms with E-state index in [1.165, 1.54) is 0 Å². The van der Waals surface area contributed by atoms with Crippen LogP contribution in [0, 0.1) is 0 Å². The van der Waals surface area contributed by atoms with Crippen molar-refractivity contribution in [1.82, 2.24) is 5.32 Å². The Hall–Kier alpha value is -0.690. The molecule has 1 amide bonds. The van der Waals surface area contributed by atoms with Crippen LogP contribution in [0.15, 0.2) is 0 Å². The Labute approximate surface area is 101 Å². The summed E-state index contributed by atoms with van der Waals surface area (Å²) in [6.07, 6.45) is 1.86. The Bertz CT molecular complexity index is 230. The normalized spacial score (nSPS) is 18.9. The second-order valence-corrected chi connectivity index (χ2v) is 4.21. The zero-order chi connectivity index (χ0) is 12.6. The molecule has 17 heavy (non-hydrogen) atoms. The molecule has 4 N–H and O–H groups in total. The third-order valence-electron chi connectivity index (χ3n) is 2.82. The van der Waals surface area contributed by atoms with Gasteiger partial charge < -0.3 is 25.6 Å².